The van der Waals surface area contributed by atoms with Crippen molar-refractivity contribution in [3.63, 3.8) is 0 Å². The lowest BCUT2D eigenvalue weighted by molar-refractivity contribution is -0.384. The summed E-state index contributed by atoms with van der Waals surface area (Å²) in [5.41, 5.74) is 2.17. The van der Waals surface area contributed by atoms with E-state index in [2.05, 4.69) is 0 Å². The summed E-state index contributed by atoms with van der Waals surface area (Å²) in [6.07, 6.45) is 0. The van der Waals surface area contributed by atoms with Gasteiger partial charge in [0.05, 0.1) is 9.95 Å². The average Bonchev–Trinajstić information content (AvgIpc) is 2.41. The van der Waals surface area contributed by atoms with Gasteiger partial charge < -0.3 is 0 Å². The van der Waals surface area contributed by atoms with Gasteiger partial charge in [0.25, 0.3) is 5.69 Å². The molecule has 0 fully saturated rings. The van der Waals surface area contributed by atoms with E-state index in [-0.39, 0.29) is 27.1 Å². The first-order valence-corrected chi connectivity index (χ1v) is 6.82. The standard InChI is InChI=1S/C15H11Cl2NO3/c1-8-3-4-10(5-9(8)2)15(19)11-6-14(18(20)21)13(17)7-12(11)16/h3-7H,1-2H3. The van der Waals surface area contributed by atoms with Crippen molar-refractivity contribution in [2.24, 2.45) is 0 Å². The van der Waals surface area contributed by atoms with Crippen LogP contribution in [0.25, 0.3) is 0 Å². The molecule has 4 nitrogen and oxygen atoms in total. The summed E-state index contributed by atoms with van der Waals surface area (Å²) in [6.45, 7) is 3.82. The topological polar surface area (TPSA) is 60.2 Å². The van der Waals surface area contributed by atoms with Crippen LogP contribution in [0.15, 0.2) is 30.3 Å². The minimum atomic E-state index is -0.643. The molecule has 0 spiro atoms. The predicted octanol–water partition coefficient (Wildman–Crippen LogP) is 4.75. The molecule has 2 rings (SSSR count). The molecule has 0 aliphatic heterocycles. The number of hydrogen-bond donors (Lipinski definition) is 0. The fourth-order valence-corrected chi connectivity index (χ4v) is 2.43. The van der Waals surface area contributed by atoms with Gasteiger partial charge in [-0.05, 0) is 37.1 Å². The zero-order valence-corrected chi connectivity index (χ0v) is 12.8. The number of aryl methyl sites for hydroxylation is 2. The molecule has 0 atom stereocenters. The van der Waals surface area contributed by atoms with Gasteiger partial charge in [0.1, 0.15) is 5.02 Å². The third-order valence-electron chi connectivity index (χ3n) is 3.25. The predicted molar refractivity (Wildman–Crippen MR) is 82.5 cm³/mol. The van der Waals surface area contributed by atoms with Gasteiger partial charge in [-0.2, -0.15) is 0 Å². The van der Waals surface area contributed by atoms with E-state index in [9.17, 15) is 14.9 Å². The summed E-state index contributed by atoms with van der Waals surface area (Å²) in [5.74, 6) is -0.372. The van der Waals surface area contributed by atoms with Gasteiger partial charge in [0.15, 0.2) is 5.78 Å². The van der Waals surface area contributed by atoms with Crippen molar-refractivity contribution < 1.29 is 9.72 Å². The molecule has 6 heteroatoms. The van der Waals surface area contributed by atoms with E-state index in [1.54, 1.807) is 12.1 Å². The number of halogens is 2. The van der Waals surface area contributed by atoms with Gasteiger partial charge >= 0.3 is 0 Å². The fourth-order valence-electron chi connectivity index (χ4n) is 1.89. The second-order valence-corrected chi connectivity index (χ2v) is 5.48. The number of ketones is 1. The molecule has 0 saturated heterocycles. The highest BCUT2D eigenvalue weighted by molar-refractivity contribution is 6.38. The second-order valence-electron chi connectivity index (χ2n) is 4.67. The molecule has 21 heavy (non-hydrogen) atoms. The van der Waals surface area contributed by atoms with Crippen LogP contribution in [0.2, 0.25) is 10.0 Å². The van der Waals surface area contributed by atoms with Crippen molar-refractivity contribution in [1.29, 1.82) is 0 Å². The number of carbonyl (C=O) groups is 1. The number of benzene rings is 2. The minimum absolute atomic E-state index is 0.0658. The highest BCUT2D eigenvalue weighted by Gasteiger charge is 2.21. The van der Waals surface area contributed by atoms with Crippen molar-refractivity contribution in [2.45, 2.75) is 13.8 Å². The van der Waals surface area contributed by atoms with E-state index < -0.39 is 4.92 Å². The highest BCUT2D eigenvalue weighted by atomic mass is 35.5. The Hall–Kier alpha value is -1.91. The Morgan fingerprint density at radius 3 is 2.29 bits per heavy atom. The molecule has 0 amide bonds. The van der Waals surface area contributed by atoms with Crippen molar-refractivity contribution in [2.75, 3.05) is 0 Å². The Morgan fingerprint density at radius 1 is 1.05 bits per heavy atom. The van der Waals surface area contributed by atoms with Crippen LogP contribution in [0.1, 0.15) is 27.0 Å². The van der Waals surface area contributed by atoms with Crippen LogP contribution in [0, 0.1) is 24.0 Å². The molecular weight excluding hydrogens is 313 g/mol. The Kier molecular flexibility index (Phi) is 4.30. The summed E-state index contributed by atoms with van der Waals surface area (Å²) >= 11 is 11.7. The van der Waals surface area contributed by atoms with Gasteiger partial charge in [-0.25, -0.2) is 0 Å². The minimum Gasteiger partial charge on any atom is -0.289 e. The molecule has 108 valence electrons. The highest BCUT2D eigenvalue weighted by Crippen LogP contribution is 2.32. The van der Waals surface area contributed by atoms with E-state index in [0.717, 1.165) is 17.2 Å². The molecule has 0 aromatic heterocycles. The van der Waals surface area contributed by atoms with Crippen LogP contribution in [0.4, 0.5) is 5.69 Å². The first-order chi connectivity index (χ1) is 9.81. The van der Waals surface area contributed by atoms with Crippen LogP contribution in [0.3, 0.4) is 0 Å². The van der Waals surface area contributed by atoms with Crippen LogP contribution in [-0.2, 0) is 0 Å². The maximum Gasteiger partial charge on any atom is 0.288 e. The maximum atomic E-state index is 12.5. The lowest BCUT2D eigenvalue weighted by Crippen LogP contribution is -2.04. The molecule has 0 N–H and O–H groups in total. The van der Waals surface area contributed by atoms with Crippen molar-refractivity contribution in [1.82, 2.24) is 0 Å². The summed E-state index contributed by atoms with van der Waals surface area (Å²) in [7, 11) is 0. The third-order valence-corrected chi connectivity index (χ3v) is 3.86. The molecule has 0 aliphatic rings. The lowest BCUT2D eigenvalue weighted by atomic mass is 9.99. The van der Waals surface area contributed by atoms with Gasteiger partial charge in [0.2, 0.25) is 0 Å². The van der Waals surface area contributed by atoms with Crippen LogP contribution >= 0.6 is 23.2 Å². The molecule has 0 radical (unpaired) electrons. The van der Waals surface area contributed by atoms with Gasteiger partial charge in [-0.1, -0.05) is 35.3 Å². The van der Waals surface area contributed by atoms with E-state index in [1.165, 1.54) is 6.07 Å². The Labute approximate surface area is 131 Å². The van der Waals surface area contributed by atoms with Crippen molar-refractivity contribution >= 4 is 34.7 Å². The summed E-state index contributed by atoms with van der Waals surface area (Å²) in [4.78, 5) is 22.7. The van der Waals surface area contributed by atoms with Crippen LogP contribution < -0.4 is 0 Å². The molecule has 0 aliphatic carbocycles. The zero-order chi connectivity index (χ0) is 15.7. The van der Waals surface area contributed by atoms with Gasteiger partial charge in [-0.15, -0.1) is 0 Å². The van der Waals surface area contributed by atoms with E-state index in [4.69, 9.17) is 23.2 Å². The smallest absolute Gasteiger partial charge is 0.288 e. The van der Waals surface area contributed by atoms with E-state index in [1.807, 2.05) is 19.9 Å². The molecule has 0 bridgehead atoms. The number of hydrogen-bond acceptors (Lipinski definition) is 3. The average molecular weight is 324 g/mol. The normalized spacial score (nSPS) is 10.5. The second kappa shape index (κ2) is 5.84. The van der Waals surface area contributed by atoms with Crippen LogP contribution in [-0.4, -0.2) is 10.7 Å². The fraction of sp³-hybridized carbons (Fsp3) is 0.133. The summed E-state index contributed by atoms with van der Waals surface area (Å²) < 4.78 is 0. The molecular formula is C15H11Cl2NO3. The largest absolute Gasteiger partial charge is 0.289 e. The Morgan fingerprint density at radius 2 is 1.71 bits per heavy atom. The Balaban J connectivity index is 2.55. The number of carbonyl (C=O) groups excluding carboxylic acids is 1. The van der Waals surface area contributed by atoms with Crippen LogP contribution in [0.5, 0.6) is 0 Å². The monoisotopic (exact) mass is 323 g/mol. The van der Waals surface area contributed by atoms with Crippen molar-refractivity contribution in [3.05, 3.63) is 72.7 Å². The zero-order valence-electron chi connectivity index (χ0n) is 11.3. The molecule has 2 aromatic rings. The first-order valence-electron chi connectivity index (χ1n) is 6.06. The number of nitrogens with zero attached hydrogens (tertiary/aromatic N) is 1. The summed E-state index contributed by atoms with van der Waals surface area (Å²) in [6, 6.07) is 7.55. The lowest BCUT2D eigenvalue weighted by Gasteiger charge is -2.07. The molecule has 0 saturated carbocycles. The quantitative estimate of drug-likeness (QED) is 0.465. The number of nitro groups is 1. The summed E-state index contributed by atoms with van der Waals surface area (Å²) in [5, 5.41) is 10.9. The Bertz CT molecular complexity index is 757. The van der Waals surface area contributed by atoms with Crippen molar-refractivity contribution in [3.8, 4) is 0 Å². The third kappa shape index (κ3) is 3.06. The van der Waals surface area contributed by atoms with E-state index in [0.29, 0.717) is 5.56 Å². The maximum absolute atomic E-state index is 12.5. The number of nitro benzene ring substituents is 1. The van der Waals surface area contributed by atoms with E-state index >= 15 is 0 Å². The molecule has 0 unspecified atom stereocenters. The molecule has 2 aromatic carbocycles. The SMILES string of the molecule is Cc1ccc(C(=O)c2cc([N+](=O)[O-])c(Cl)cc2Cl)cc1C. The number of rotatable bonds is 3. The van der Waals surface area contributed by atoms with Gasteiger partial charge in [-0.3, -0.25) is 14.9 Å². The molecule has 0 heterocycles. The first kappa shape index (κ1) is 15.5. The van der Waals surface area contributed by atoms with Gasteiger partial charge in [0, 0.05) is 17.2 Å².